The molecule has 1 aliphatic rings. The van der Waals surface area contributed by atoms with Gasteiger partial charge in [0.15, 0.2) is 6.61 Å². The zero-order valence-corrected chi connectivity index (χ0v) is 11.5. The molecule has 21 heavy (non-hydrogen) atoms. The van der Waals surface area contributed by atoms with Crippen molar-refractivity contribution in [3.8, 4) is 11.8 Å². The Balaban J connectivity index is 1.85. The number of hydrogen-bond donors (Lipinski definition) is 2. The zero-order chi connectivity index (χ0) is 15.3. The number of amides is 1. The number of nitriles is 1. The number of ether oxygens (including phenoxy) is 1. The molecular weight excluding hydrogens is 272 g/mol. The van der Waals surface area contributed by atoms with Crippen LogP contribution in [0.2, 0.25) is 0 Å². The van der Waals surface area contributed by atoms with Crippen LogP contribution in [0.5, 0.6) is 5.75 Å². The molecule has 0 radical (unpaired) electrons. The normalized spacial score (nSPS) is 16.0. The summed E-state index contributed by atoms with van der Waals surface area (Å²) in [7, 11) is 0. The smallest absolute Gasteiger partial charge is 0.338 e. The third-order valence-corrected chi connectivity index (χ3v) is 3.49. The first-order valence-corrected chi connectivity index (χ1v) is 6.73. The monoisotopic (exact) mass is 288 g/mol. The first kappa shape index (κ1) is 14.9. The Morgan fingerprint density at radius 1 is 1.29 bits per heavy atom. The van der Waals surface area contributed by atoms with Crippen LogP contribution in [0.25, 0.3) is 0 Å². The number of rotatable bonds is 4. The average Bonchev–Trinajstić information content (AvgIpc) is 2.94. The fraction of sp³-hybridized carbons (Fsp3) is 0.400. The summed E-state index contributed by atoms with van der Waals surface area (Å²) >= 11 is 0. The molecule has 2 N–H and O–H groups in total. The van der Waals surface area contributed by atoms with E-state index in [0.717, 1.165) is 12.8 Å². The minimum Gasteiger partial charge on any atom is -0.508 e. The summed E-state index contributed by atoms with van der Waals surface area (Å²) < 4.78 is 4.89. The third-order valence-electron chi connectivity index (χ3n) is 3.49. The van der Waals surface area contributed by atoms with Crippen molar-refractivity contribution in [2.24, 2.45) is 0 Å². The molecule has 6 heteroatoms. The Morgan fingerprint density at radius 2 is 1.90 bits per heavy atom. The summed E-state index contributed by atoms with van der Waals surface area (Å²) in [6, 6.07) is 7.67. The number of nitrogens with zero attached hydrogens (tertiary/aromatic N) is 1. The van der Waals surface area contributed by atoms with Crippen molar-refractivity contribution in [2.45, 2.75) is 31.2 Å². The summed E-state index contributed by atoms with van der Waals surface area (Å²) in [5.41, 5.74) is -0.571. The van der Waals surface area contributed by atoms with E-state index < -0.39 is 24.0 Å². The highest BCUT2D eigenvalue weighted by Crippen LogP contribution is 2.28. The number of carbonyl (C=O) groups excluding carboxylic acids is 2. The van der Waals surface area contributed by atoms with Gasteiger partial charge in [0, 0.05) is 0 Å². The minimum absolute atomic E-state index is 0.0430. The molecule has 0 bridgehead atoms. The summed E-state index contributed by atoms with van der Waals surface area (Å²) in [5, 5.41) is 20.9. The summed E-state index contributed by atoms with van der Waals surface area (Å²) in [4.78, 5) is 23.5. The lowest BCUT2D eigenvalue weighted by Crippen LogP contribution is -2.46. The first-order valence-electron chi connectivity index (χ1n) is 6.73. The molecule has 1 aromatic rings. The highest BCUT2D eigenvalue weighted by Gasteiger charge is 2.35. The van der Waals surface area contributed by atoms with Crippen molar-refractivity contribution >= 4 is 11.9 Å². The molecule has 6 nitrogen and oxygen atoms in total. The topological polar surface area (TPSA) is 99.4 Å². The average molecular weight is 288 g/mol. The van der Waals surface area contributed by atoms with E-state index in [1.165, 1.54) is 24.3 Å². The van der Waals surface area contributed by atoms with Crippen LogP contribution in [-0.2, 0) is 9.53 Å². The van der Waals surface area contributed by atoms with E-state index in [1.54, 1.807) is 0 Å². The molecule has 0 aliphatic heterocycles. The lowest BCUT2D eigenvalue weighted by atomic mass is 10.00. The molecule has 1 aromatic carbocycles. The number of nitrogens with one attached hydrogen (secondary N) is 1. The maximum atomic E-state index is 11.8. The van der Waals surface area contributed by atoms with Crippen molar-refractivity contribution in [3.05, 3.63) is 29.8 Å². The van der Waals surface area contributed by atoms with E-state index >= 15 is 0 Å². The van der Waals surface area contributed by atoms with Crippen LogP contribution in [-0.4, -0.2) is 29.1 Å². The number of carbonyl (C=O) groups is 2. The fourth-order valence-corrected chi connectivity index (χ4v) is 2.36. The number of phenols is 1. The summed E-state index contributed by atoms with van der Waals surface area (Å²) in [5.74, 6) is -1.09. The second-order valence-electron chi connectivity index (χ2n) is 5.07. The van der Waals surface area contributed by atoms with Crippen LogP contribution in [0.15, 0.2) is 24.3 Å². The van der Waals surface area contributed by atoms with E-state index in [2.05, 4.69) is 11.4 Å². The number of aromatic hydroxyl groups is 1. The van der Waals surface area contributed by atoms with Gasteiger partial charge in [0.05, 0.1) is 11.6 Å². The molecule has 2 rings (SSSR count). The molecule has 0 unspecified atom stereocenters. The van der Waals surface area contributed by atoms with Crippen LogP contribution < -0.4 is 5.32 Å². The SMILES string of the molecule is N#CC1(NC(=O)COC(=O)c2ccc(O)cc2)CCCC1. The zero-order valence-electron chi connectivity index (χ0n) is 11.5. The second-order valence-corrected chi connectivity index (χ2v) is 5.07. The van der Waals surface area contributed by atoms with E-state index in [-0.39, 0.29) is 11.3 Å². The molecule has 0 spiro atoms. The van der Waals surface area contributed by atoms with Gasteiger partial charge in [0.2, 0.25) is 0 Å². The van der Waals surface area contributed by atoms with E-state index in [9.17, 15) is 9.59 Å². The van der Waals surface area contributed by atoms with E-state index in [4.69, 9.17) is 15.1 Å². The van der Waals surface area contributed by atoms with Crippen molar-refractivity contribution < 1.29 is 19.4 Å². The quantitative estimate of drug-likeness (QED) is 0.818. The molecule has 1 aliphatic carbocycles. The number of benzene rings is 1. The Labute approximate surface area is 122 Å². The van der Waals surface area contributed by atoms with Crippen molar-refractivity contribution in [1.82, 2.24) is 5.32 Å². The van der Waals surface area contributed by atoms with Gasteiger partial charge < -0.3 is 15.2 Å². The molecule has 1 amide bonds. The number of esters is 1. The van der Waals surface area contributed by atoms with Gasteiger partial charge in [0.1, 0.15) is 11.3 Å². The molecule has 1 saturated carbocycles. The van der Waals surface area contributed by atoms with Gasteiger partial charge in [-0.05, 0) is 49.9 Å². The van der Waals surface area contributed by atoms with Crippen LogP contribution in [0.1, 0.15) is 36.0 Å². The molecule has 0 aromatic heterocycles. The van der Waals surface area contributed by atoms with Gasteiger partial charge in [0.25, 0.3) is 5.91 Å². The molecule has 0 heterocycles. The molecule has 0 saturated heterocycles. The van der Waals surface area contributed by atoms with Crippen LogP contribution in [0.4, 0.5) is 0 Å². The summed E-state index contributed by atoms with van der Waals surface area (Å²) in [6.45, 7) is -0.427. The molecule has 0 atom stereocenters. The highest BCUT2D eigenvalue weighted by atomic mass is 16.5. The van der Waals surface area contributed by atoms with Crippen molar-refractivity contribution in [3.63, 3.8) is 0 Å². The third kappa shape index (κ3) is 3.72. The first-order chi connectivity index (χ1) is 10.0. The molecule has 110 valence electrons. The maximum Gasteiger partial charge on any atom is 0.338 e. The van der Waals surface area contributed by atoms with Gasteiger partial charge in [-0.25, -0.2) is 4.79 Å². The largest absolute Gasteiger partial charge is 0.508 e. The van der Waals surface area contributed by atoms with Gasteiger partial charge in [-0.15, -0.1) is 0 Å². The van der Waals surface area contributed by atoms with Gasteiger partial charge >= 0.3 is 5.97 Å². The Morgan fingerprint density at radius 3 is 2.48 bits per heavy atom. The van der Waals surface area contributed by atoms with Crippen LogP contribution >= 0.6 is 0 Å². The summed E-state index contributed by atoms with van der Waals surface area (Å²) in [6.07, 6.45) is 3.06. The molecular formula is C15H16N2O4. The standard InChI is InChI=1S/C15H16N2O4/c16-10-15(7-1-2-8-15)17-13(19)9-21-14(20)11-3-5-12(18)6-4-11/h3-6,18H,1-2,7-9H2,(H,17,19). The van der Waals surface area contributed by atoms with Crippen LogP contribution in [0.3, 0.4) is 0 Å². The Bertz CT molecular complexity index is 568. The fourth-order valence-electron chi connectivity index (χ4n) is 2.36. The maximum absolute atomic E-state index is 11.8. The van der Waals surface area contributed by atoms with E-state index in [1.807, 2.05) is 0 Å². The lowest BCUT2D eigenvalue weighted by molar-refractivity contribution is -0.125. The highest BCUT2D eigenvalue weighted by molar-refractivity contribution is 5.91. The lowest BCUT2D eigenvalue weighted by Gasteiger charge is -2.21. The predicted octanol–water partition coefficient (Wildman–Crippen LogP) is 1.50. The number of phenolic OH excluding ortho intramolecular Hbond substituents is 1. The van der Waals surface area contributed by atoms with Gasteiger partial charge in [-0.2, -0.15) is 5.26 Å². The van der Waals surface area contributed by atoms with E-state index in [0.29, 0.717) is 12.8 Å². The van der Waals surface area contributed by atoms with Crippen LogP contribution in [0, 0.1) is 11.3 Å². The Hall–Kier alpha value is -2.55. The predicted molar refractivity (Wildman–Crippen MR) is 73.3 cm³/mol. The molecule has 1 fully saturated rings. The minimum atomic E-state index is -0.817. The Kier molecular flexibility index (Phi) is 4.43. The van der Waals surface area contributed by atoms with Crippen molar-refractivity contribution in [2.75, 3.05) is 6.61 Å². The van der Waals surface area contributed by atoms with Crippen molar-refractivity contribution in [1.29, 1.82) is 5.26 Å². The van der Waals surface area contributed by atoms with Gasteiger partial charge in [-0.3, -0.25) is 4.79 Å². The second kappa shape index (κ2) is 6.27. The number of hydrogen-bond acceptors (Lipinski definition) is 5. The van der Waals surface area contributed by atoms with Gasteiger partial charge in [-0.1, -0.05) is 0 Å².